The van der Waals surface area contributed by atoms with Gasteiger partial charge in [-0.25, -0.2) is 9.78 Å². The Labute approximate surface area is 198 Å². The Morgan fingerprint density at radius 1 is 1.20 bits per heavy atom. The van der Waals surface area contributed by atoms with Crippen molar-refractivity contribution in [2.24, 2.45) is 5.73 Å². The van der Waals surface area contributed by atoms with Crippen LogP contribution in [0.25, 0.3) is 22.2 Å². The minimum atomic E-state index is -5.19. The van der Waals surface area contributed by atoms with Gasteiger partial charge in [-0.1, -0.05) is 18.2 Å². The van der Waals surface area contributed by atoms with Crippen LogP contribution in [0, 0.1) is 0 Å². The molecular weight excluding hydrogens is 463 g/mol. The first kappa shape index (κ1) is 23.2. The van der Waals surface area contributed by atoms with E-state index in [9.17, 15) is 22.8 Å². The summed E-state index contributed by atoms with van der Waals surface area (Å²) < 4.78 is 39.9. The summed E-state index contributed by atoms with van der Waals surface area (Å²) in [7, 11) is 0. The van der Waals surface area contributed by atoms with E-state index in [1.54, 1.807) is 12.1 Å². The summed E-state index contributed by atoms with van der Waals surface area (Å²) in [5.74, 6) is -2.21. The van der Waals surface area contributed by atoms with Crippen molar-refractivity contribution < 1.29 is 27.6 Å². The molecule has 1 aliphatic heterocycles. The normalized spacial score (nSPS) is 20.3. The summed E-state index contributed by atoms with van der Waals surface area (Å²) in [5, 5.41) is 6.81. The molecule has 184 valence electrons. The standard InChI is InChI=1S/C24H24F3N5O3/c25-24(26,27)23(34)35-32-18-9-10-29-22(33)17(18)12-19(32)16-6-1-3-13-7-8-20(31-21(13)16)30-15-5-2-4-14(28)11-15/h1,3,6-8,12,14-15H,2,4-5,9-11,28H2,(H,29,33)(H,30,31). The molecule has 1 fully saturated rings. The van der Waals surface area contributed by atoms with Crippen LogP contribution in [0.1, 0.15) is 41.7 Å². The van der Waals surface area contributed by atoms with Gasteiger partial charge in [-0.2, -0.15) is 17.9 Å². The van der Waals surface area contributed by atoms with E-state index in [0.717, 1.165) is 35.8 Å². The number of aromatic nitrogens is 2. The predicted octanol–water partition coefficient (Wildman–Crippen LogP) is 3.19. The molecule has 35 heavy (non-hydrogen) atoms. The molecule has 2 atom stereocenters. The van der Waals surface area contributed by atoms with Gasteiger partial charge in [0.1, 0.15) is 5.82 Å². The van der Waals surface area contributed by atoms with Gasteiger partial charge < -0.3 is 21.2 Å². The molecule has 4 N–H and O–H groups in total. The average Bonchev–Trinajstić information content (AvgIpc) is 3.17. The summed E-state index contributed by atoms with van der Waals surface area (Å²) in [5.41, 5.74) is 7.52. The molecule has 1 aromatic carbocycles. The van der Waals surface area contributed by atoms with Crippen molar-refractivity contribution in [3.05, 3.63) is 47.7 Å². The second kappa shape index (κ2) is 8.88. The zero-order chi connectivity index (χ0) is 24.7. The van der Waals surface area contributed by atoms with E-state index in [-0.39, 0.29) is 42.0 Å². The van der Waals surface area contributed by atoms with Gasteiger partial charge in [-0.3, -0.25) is 4.79 Å². The zero-order valence-corrected chi connectivity index (χ0v) is 18.7. The molecule has 1 saturated carbocycles. The lowest BCUT2D eigenvalue weighted by Gasteiger charge is -2.27. The molecule has 0 saturated heterocycles. The number of carbonyl (C=O) groups is 2. The van der Waals surface area contributed by atoms with Crippen LogP contribution in [0.15, 0.2) is 36.4 Å². The number of hydrogen-bond donors (Lipinski definition) is 3. The molecule has 3 heterocycles. The number of fused-ring (bicyclic) bond motifs is 2. The highest BCUT2D eigenvalue weighted by molar-refractivity contribution is 6.00. The number of alkyl halides is 3. The van der Waals surface area contributed by atoms with Crippen molar-refractivity contribution in [2.75, 3.05) is 11.9 Å². The van der Waals surface area contributed by atoms with Crippen LogP contribution in [0.2, 0.25) is 0 Å². The molecule has 11 heteroatoms. The first-order chi connectivity index (χ1) is 16.7. The number of carbonyl (C=O) groups excluding carboxylic acids is 2. The highest BCUT2D eigenvalue weighted by Gasteiger charge is 2.43. The zero-order valence-electron chi connectivity index (χ0n) is 18.7. The van der Waals surface area contributed by atoms with E-state index in [2.05, 4.69) is 10.6 Å². The lowest BCUT2D eigenvalue weighted by Crippen LogP contribution is -2.37. The van der Waals surface area contributed by atoms with Gasteiger partial charge in [0, 0.05) is 36.0 Å². The largest absolute Gasteiger partial charge is 0.493 e. The fourth-order valence-electron chi connectivity index (χ4n) is 4.78. The van der Waals surface area contributed by atoms with E-state index in [4.69, 9.17) is 15.6 Å². The Bertz CT molecular complexity index is 1300. The van der Waals surface area contributed by atoms with Crippen LogP contribution in [0.5, 0.6) is 0 Å². The Morgan fingerprint density at radius 2 is 2.03 bits per heavy atom. The predicted molar refractivity (Wildman–Crippen MR) is 123 cm³/mol. The fourth-order valence-corrected chi connectivity index (χ4v) is 4.78. The summed E-state index contributed by atoms with van der Waals surface area (Å²) in [6.07, 6.45) is -1.20. The van der Waals surface area contributed by atoms with Gasteiger partial charge in [0.2, 0.25) is 0 Å². The highest BCUT2D eigenvalue weighted by atomic mass is 19.4. The number of anilines is 1. The minimum Gasteiger partial charge on any atom is -0.367 e. The number of pyridine rings is 1. The van der Waals surface area contributed by atoms with Crippen LogP contribution in [0.3, 0.4) is 0 Å². The summed E-state index contributed by atoms with van der Waals surface area (Å²) in [6.45, 7) is 0.213. The van der Waals surface area contributed by atoms with Gasteiger partial charge in [-0.15, -0.1) is 0 Å². The van der Waals surface area contributed by atoms with E-state index in [0.29, 0.717) is 16.9 Å². The van der Waals surface area contributed by atoms with Crippen molar-refractivity contribution in [3.63, 3.8) is 0 Å². The van der Waals surface area contributed by atoms with E-state index < -0.39 is 18.1 Å². The second-order valence-electron chi connectivity index (χ2n) is 8.91. The van der Waals surface area contributed by atoms with Crippen molar-refractivity contribution >= 4 is 28.6 Å². The van der Waals surface area contributed by atoms with Gasteiger partial charge in [-0.05, 0) is 43.9 Å². The number of para-hydroxylation sites is 1. The third-order valence-corrected chi connectivity index (χ3v) is 6.42. The summed E-state index contributed by atoms with van der Waals surface area (Å²) in [4.78, 5) is 33.7. The van der Waals surface area contributed by atoms with Crippen LogP contribution < -0.4 is 21.2 Å². The maximum absolute atomic E-state index is 13.0. The SMILES string of the molecule is NC1CCCC(Nc2ccc3cccc(-c4cc5c(n4OC(=O)C(F)(F)F)CCNC5=O)c3n2)C1. The molecule has 8 nitrogen and oxygen atoms in total. The van der Waals surface area contributed by atoms with Crippen molar-refractivity contribution in [1.82, 2.24) is 15.0 Å². The third kappa shape index (κ3) is 4.55. The summed E-state index contributed by atoms with van der Waals surface area (Å²) >= 11 is 0. The number of hydrogen-bond acceptors (Lipinski definition) is 6. The topological polar surface area (TPSA) is 111 Å². The molecule has 1 aliphatic carbocycles. The maximum atomic E-state index is 13.0. The van der Waals surface area contributed by atoms with Gasteiger partial charge in [0.05, 0.1) is 22.5 Å². The molecule has 5 rings (SSSR count). The molecule has 0 bridgehead atoms. The number of benzene rings is 1. The molecule has 3 aromatic rings. The summed E-state index contributed by atoms with van der Waals surface area (Å²) in [6, 6.07) is 10.7. The van der Waals surface area contributed by atoms with Crippen LogP contribution in [-0.2, 0) is 11.2 Å². The second-order valence-corrected chi connectivity index (χ2v) is 8.91. The lowest BCUT2D eigenvalue weighted by molar-refractivity contribution is -0.199. The first-order valence-electron chi connectivity index (χ1n) is 11.5. The number of rotatable bonds is 4. The number of amides is 1. The quantitative estimate of drug-likeness (QED) is 0.521. The van der Waals surface area contributed by atoms with Gasteiger partial charge >= 0.3 is 12.1 Å². The Hall–Kier alpha value is -3.60. The molecule has 2 unspecified atom stereocenters. The van der Waals surface area contributed by atoms with E-state index in [1.807, 2.05) is 18.2 Å². The Balaban J connectivity index is 1.60. The highest BCUT2D eigenvalue weighted by Crippen LogP contribution is 2.33. The number of nitrogens with two attached hydrogens (primary N) is 1. The Kier molecular flexibility index (Phi) is 5.87. The monoisotopic (exact) mass is 487 g/mol. The van der Waals surface area contributed by atoms with Crippen molar-refractivity contribution in [1.29, 1.82) is 0 Å². The van der Waals surface area contributed by atoms with E-state index >= 15 is 0 Å². The first-order valence-corrected chi connectivity index (χ1v) is 11.5. The van der Waals surface area contributed by atoms with Crippen molar-refractivity contribution in [2.45, 2.75) is 50.4 Å². The molecule has 0 radical (unpaired) electrons. The van der Waals surface area contributed by atoms with Crippen molar-refractivity contribution in [3.8, 4) is 11.3 Å². The molecule has 1 amide bonds. The third-order valence-electron chi connectivity index (χ3n) is 6.42. The maximum Gasteiger partial charge on any atom is 0.493 e. The molecule has 2 aromatic heterocycles. The Morgan fingerprint density at radius 3 is 2.80 bits per heavy atom. The van der Waals surface area contributed by atoms with Crippen LogP contribution >= 0.6 is 0 Å². The molecular formula is C24H24F3N5O3. The van der Waals surface area contributed by atoms with Crippen LogP contribution in [0.4, 0.5) is 19.0 Å². The molecule has 0 spiro atoms. The average molecular weight is 487 g/mol. The fraction of sp³-hybridized carbons (Fsp3) is 0.375. The van der Waals surface area contributed by atoms with E-state index in [1.165, 1.54) is 6.07 Å². The molecule has 2 aliphatic rings. The number of nitrogens with zero attached hydrogens (tertiary/aromatic N) is 2. The van der Waals surface area contributed by atoms with Gasteiger partial charge in [0.15, 0.2) is 0 Å². The lowest BCUT2D eigenvalue weighted by atomic mass is 9.91. The number of halogens is 3. The smallest absolute Gasteiger partial charge is 0.367 e. The minimum absolute atomic E-state index is 0.126. The number of nitrogens with one attached hydrogen (secondary N) is 2. The van der Waals surface area contributed by atoms with Gasteiger partial charge in [0.25, 0.3) is 5.91 Å². The van der Waals surface area contributed by atoms with Crippen LogP contribution in [-0.4, -0.2) is 46.4 Å².